The van der Waals surface area contributed by atoms with E-state index in [1.165, 1.54) is 0 Å². The van der Waals surface area contributed by atoms with E-state index in [2.05, 4.69) is 5.32 Å². The molecule has 1 heterocycles. The highest BCUT2D eigenvalue weighted by Gasteiger charge is 2.42. The highest BCUT2D eigenvalue weighted by molar-refractivity contribution is 6.30. The van der Waals surface area contributed by atoms with E-state index >= 15 is 0 Å². The highest BCUT2D eigenvalue weighted by atomic mass is 35.5. The van der Waals surface area contributed by atoms with Crippen LogP contribution in [0.1, 0.15) is 49.7 Å². The number of allylic oxidation sites excluding steroid dienone is 3. The summed E-state index contributed by atoms with van der Waals surface area (Å²) >= 11 is 6.06. The molecule has 0 radical (unpaired) electrons. The van der Waals surface area contributed by atoms with Crippen molar-refractivity contribution in [3.8, 4) is 11.5 Å². The number of carbonyl (C=O) groups is 2. The second-order valence-electron chi connectivity index (χ2n) is 8.40. The normalized spacial score (nSPS) is 20.0. The van der Waals surface area contributed by atoms with E-state index in [0.29, 0.717) is 46.2 Å². The predicted octanol–water partition coefficient (Wildman–Crippen LogP) is 5.28. The van der Waals surface area contributed by atoms with Crippen molar-refractivity contribution in [1.29, 1.82) is 0 Å². The van der Waals surface area contributed by atoms with Crippen LogP contribution in [0.25, 0.3) is 0 Å². The van der Waals surface area contributed by atoms with E-state index in [-0.39, 0.29) is 18.3 Å². The molecule has 0 amide bonds. The molecule has 1 aliphatic carbocycles. The zero-order chi connectivity index (χ0) is 24.4. The quantitative estimate of drug-likeness (QED) is 0.566. The van der Waals surface area contributed by atoms with Crippen molar-refractivity contribution in [2.45, 2.75) is 38.5 Å². The number of hydrogen-bond acceptors (Lipinski definition) is 6. The van der Waals surface area contributed by atoms with Gasteiger partial charge in [0, 0.05) is 40.0 Å². The minimum absolute atomic E-state index is 0.00845. The second-order valence-corrected chi connectivity index (χ2v) is 8.83. The SMILES string of the molecule is CCOC(=O)C1=C(C)NC2=C(C(=O)CC(c3ccc(Cl)cc3)C2)C1c1ccc(OC)cc1OC. The lowest BCUT2D eigenvalue weighted by atomic mass is 9.71. The number of ketones is 1. The number of benzene rings is 2. The van der Waals surface area contributed by atoms with Gasteiger partial charge in [-0.25, -0.2) is 4.79 Å². The van der Waals surface area contributed by atoms with Crippen molar-refractivity contribution in [2.75, 3.05) is 20.8 Å². The number of hydrogen-bond donors (Lipinski definition) is 1. The van der Waals surface area contributed by atoms with Crippen molar-refractivity contribution in [1.82, 2.24) is 5.32 Å². The van der Waals surface area contributed by atoms with E-state index in [1.807, 2.05) is 43.3 Å². The fraction of sp³-hybridized carbons (Fsp3) is 0.333. The van der Waals surface area contributed by atoms with Crippen molar-refractivity contribution in [3.63, 3.8) is 0 Å². The zero-order valence-electron chi connectivity index (χ0n) is 19.7. The van der Waals surface area contributed by atoms with Crippen LogP contribution in [0.4, 0.5) is 0 Å². The van der Waals surface area contributed by atoms with Crippen LogP contribution in [0, 0.1) is 0 Å². The maximum atomic E-state index is 13.7. The van der Waals surface area contributed by atoms with Gasteiger partial charge in [-0.3, -0.25) is 4.79 Å². The number of carbonyl (C=O) groups excluding carboxylic acids is 2. The monoisotopic (exact) mass is 481 g/mol. The zero-order valence-corrected chi connectivity index (χ0v) is 20.5. The number of dihydropyridines is 1. The molecule has 178 valence electrons. The van der Waals surface area contributed by atoms with Crippen molar-refractivity contribution < 1.29 is 23.8 Å². The van der Waals surface area contributed by atoms with Gasteiger partial charge in [0.05, 0.1) is 32.3 Å². The maximum Gasteiger partial charge on any atom is 0.336 e. The minimum atomic E-state index is -0.602. The average Bonchev–Trinajstić information content (AvgIpc) is 2.83. The Morgan fingerprint density at radius 1 is 1.09 bits per heavy atom. The van der Waals surface area contributed by atoms with Crippen LogP contribution in [0.15, 0.2) is 65.0 Å². The topological polar surface area (TPSA) is 73.9 Å². The first-order chi connectivity index (χ1) is 16.4. The Morgan fingerprint density at radius 3 is 2.47 bits per heavy atom. The summed E-state index contributed by atoms with van der Waals surface area (Å²) in [6, 6.07) is 13.0. The summed E-state index contributed by atoms with van der Waals surface area (Å²) in [7, 11) is 3.14. The van der Waals surface area contributed by atoms with E-state index in [9.17, 15) is 9.59 Å². The van der Waals surface area contributed by atoms with E-state index in [1.54, 1.807) is 27.2 Å². The Hall–Kier alpha value is -3.25. The van der Waals surface area contributed by atoms with Crippen molar-refractivity contribution >= 4 is 23.4 Å². The molecule has 2 aromatic carbocycles. The van der Waals surface area contributed by atoms with E-state index < -0.39 is 11.9 Å². The molecule has 0 saturated heterocycles. The van der Waals surface area contributed by atoms with Gasteiger partial charge in [0.1, 0.15) is 11.5 Å². The molecule has 1 N–H and O–H groups in total. The molecule has 2 aliphatic rings. The average molecular weight is 482 g/mol. The predicted molar refractivity (Wildman–Crippen MR) is 130 cm³/mol. The van der Waals surface area contributed by atoms with E-state index in [0.717, 1.165) is 16.8 Å². The lowest BCUT2D eigenvalue weighted by molar-refractivity contribution is -0.138. The molecule has 0 saturated carbocycles. The Bertz CT molecular complexity index is 1180. The Labute approximate surface area is 204 Å². The third kappa shape index (κ3) is 4.42. The van der Waals surface area contributed by atoms with Crippen LogP contribution in [0.2, 0.25) is 5.02 Å². The number of esters is 1. The number of ether oxygens (including phenoxy) is 3. The second kappa shape index (κ2) is 9.94. The summed E-state index contributed by atoms with van der Waals surface area (Å²) in [6.45, 7) is 3.84. The number of rotatable bonds is 6. The summed E-state index contributed by atoms with van der Waals surface area (Å²) in [6.07, 6.45) is 0.984. The third-order valence-corrected chi connectivity index (χ3v) is 6.67. The number of Topliss-reactive ketones (excluding diaryl/α,β-unsaturated/α-hetero) is 1. The van der Waals surface area contributed by atoms with Gasteiger partial charge in [-0.15, -0.1) is 0 Å². The third-order valence-electron chi connectivity index (χ3n) is 6.42. The van der Waals surface area contributed by atoms with Gasteiger partial charge in [0.25, 0.3) is 0 Å². The summed E-state index contributed by atoms with van der Waals surface area (Å²) in [5, 5.41) is 4.01. The molecule has 7 heteroatoms. The molecule has 0 bridgehead atoms. The molecule has 2 unspecified atom stereocenters. The molecule has 2 atom stereocenters. The summed E-state index contributed by atoms with van der Waals surface area (Å²) in [5.41, 5.74) is 4.28. The van der Waals surface area contributed by atoms with Gasteiger partial charge < -0.3 is 19.5 Å². The number of nitrogens with one attached hydrogen (secondary N) is 1. The van der Waals surface area contributed by atoms with Crippen LogP contribution in [-0.4, -0.2) is 32.6 Å². The summed E-state index contributed by atoms with van der Waals surface area (Å²) in [4.78, 5) is 26.7. The summed E-state index contributed by atoms with van der Waals surface area (Å²) < 4.78 is 16.4. The molecule has 0 fully saturated rings. The first-order valence-electron chi connectivity index (χ1n) is 11.3. The molecule has 6 nitrogen and oxygen atoms in total. The molecule has 0 spiro atoms. The largest absolute Gasteiger partial charge is 0.497 e. The first kappa shape index (κ1) is 23.9. The molecule has 0 aromatic heterocycles. The Morgan fingerprint density at radius 2 is 1.82 bits per heavy atom. The van der Waals surface area contributed by atoms with Crippen LogP contribution < -0.4 is 14.8 Å². The molecular weight excluding hydrogens is 454 g/mol. The summed E-state index contributed by atoms with van der Waals surface area (Å²) in [5.74, 6) is 0.127. The highest BCUT2D eigenvalue weighted by Crippen LogP contribution is 2.48. The fourth-order valence-electron chi connectivity index (χ4n) is 4.86. The standard InChI is InChI=1S/C27H28ClNO5/c1-5-34-27(31)24-15(2)29-21-12-17(16-6-8-18(28)9-7-16)13-22(30)26(21)25(24)20-11-10-19(32-3)14-23(20)33-4/h6-11,14,17,25,29H,5,12-13H2,1-4H3. The molecule has 1 aliphatic heterocycles. The molecular formula is C27H28ClNO5. The van der Waals surface area contributed by atoms with Gasteiger partial charge >= 0.3 is 5.97 Å². The van der Waals surface area contributed by atoms with Crippen molar-refractivity contribution in [3.05, 3.63) is 81.2 Å². The number of methoxy groups -OCH3 is 2. The van der Waals surface area contributed by atoms with Crippen LogP contribution in [-0.2, 0) is 14.3 Å². The lowest BCUT2D eigenvalue weighted by Crippen LogP contribution is -2.36. The Balaban J connectivity index is 1.84. The van der Waals surface area contributed by atoms with E-state index in [4.69, 9.17) is 25.8 Å². The minimum Gasteiger partial charge on any atom is -0.497 e. The van der Waals surface area contributed by atoms with Gasteiger partial charge in [0.15, 0.2) is 5.78 Å². The fourth-order valence-corrected chi connectivity index (χ4v) is 4.98. The van der Waals surface area contributed by atoms with Gasteiger partial charge in [-0.2, -0.15) is 0 Å². The smallest absolute Gasteiger partial charge is 0.336 e. The molecule has 2 aromatic rings. The van der Waals surface area contributed by atoms with Crippen molar-refractivity contribution in [2.24, 2.45) is 0 Å². The molecule has 4 rings (SSSR count). The van der Waals surface area contributed by atoms with Crippen LogP contribution in [0.3, 0.4) is 0 Å². The Kier molecular flexibility index (Phi) is 6.98. The maximum absolute atomic E-state index is 13.7. The number of halogens is 1. The van der Waals surface area contributed by atoms with Crippen LogP contribution in [0.5, 0.6) is 11.5 Å². The molecule has 34 heavy (non-hydrogen) atoms. The lowest BCUT2D eigenvalue weighted by Gasteiger charge is -2.37. The van der Waals surface area contributed by atoms with Gasteiger partial charge in [0.2, 0.25) is 0 Å². The van der Waals surface area contributed by atoms with Gasteiger partial charge in [-0.05, 0) is 49.9 Å². The van der Waals surface area contributed by atoms with Crippen LogP contribution >= 0.6 is 11.6 Å². The first-order valence-corrected chi connectivity index (χ1v) is 11.6. The van der Waals surface area contributed by atoms with Gasteiger partial charge in [-0.1, -0.05) is 29.8 Å².